The van der Waals surface area contributed by atoms with Crippen molar-refractivity contribution < 1.29 is 18.0 Å². The van der Waals surface area contributed by atoms with E-state index in [0.717, 1.165) is 12.1 Å². The molecule has 0 saturated carbocycles. The lowest BCUT2D eigenvalue weighted by Gasteiger charge is -2.29. The first-order valence-corrected chi connectivity index (χ1v) is 8.12. The molecule has 3 nitrogen and oxygen atoms in total. The number of hydrogen-bond donors (Lipinski definition) is 0. The van der Waals surface area contributed by atoms with E-state index in [-0.39, 0.29) is 5.91 Å². The average Bonchev–Trinajstić information content (AvgIpc) is 2.54. The van der Waals surface area contributed by atoms with Crippen LogP contribution < -0.4 is 0 Å². The van der Waals surface area contributed by atoms with Gasteiger partial charge in [-0.2, -0.15) is 13.2 Å². The summed E-state index contributed by atoms with van der Waals surface area (Å²) < 4.78 is 39.3. The number of benzene rings is 1. The Kier molecular flexibility index (Phi) is 5.64. The van der Waals surface area contributed by atoms with Crippen LogP contribution in [0.5, 0.6) is 0 Å². The molecular formula is C17H16BrF3N2O. The fourth-order valence-corrected chi connectivity index (χ4v) is 2.81. The van der Waals surface area contributed by atoms with Gasteiger partial charge in [0.15, 0.2) is 0 Å². The zero-order valence-electron chi connectivity index (χ0n) is 13.1. The zero-order valence-corrected chi connectivity index (χ0v) is 14.7. The van der Waals surface area contributed by atoms with Crippen LogP contribution >= 0.6 is 15.9 Å². The highest BCUT2D eigenvalue weighted by atomic mass is 79.9. The van der Waals surface area contributed by atoms with Crippen molar-refractivity contribution in [3.8, 4) is 0 Å². The lowest BCUT2D eigenvalue weighted by Crippen LogP contribution is -2.33. The summed E-state index contributed by atoms with van der Waals surface area (Å²) in [6.45, 7) is 3.86. The van der Waals surface area contributed by atoms with Crippen LogP contribution in [0.4, 0.5) is 13.2 Å². The van der Waals surface area contributed by atoms with E-state index in [4.69, 9.17) is 0 Å². The molecule has 1 atom stereocenters. The highest BCUT2D eigenvalue weighted by molar-refractivity contribution is 9.10. The normalized spacial score (nSPS) is 12.8. The van der Waals surface area contributed by atoms with E-state index in [1.807, 2.05) is 0 Å². The molecule has 24 heavy (non-hydrogen) atoms. The molecule has 1 aromatic carbocycles. The topological polar surface area (TPSA) is 33.2 Å². The lowest BCUT2D eigenvalue weighted by atomic mass is 10.0. The van der Waals surface area contributed by atoms with E-state index < -0.39 is 17.8 Å². The number of pyridine rings is 1. The third-order valence-corrected chi connectivity index (χ3v) is 4.15. The van der Waals surface area contributed by atoms with Crippen molar-refractivity contribution in [3.63, 3.8) is 0 Å². The van der Waals surface area contributed by atoms with Gasteiger partial charge < -0.3 is 4.90 Å². The van der Waals surface area contributed by atoms with E-state index in [9.17, 15) is 18.0 Å². The van der Waals surface area contributed by atoms with Gasteiger partial charge in [0.2, 0.25) is 0 Å². The van der Waals surface area contributed by atoms with Gasteiger partial charge in [0, 0.05) is 23.4 Å². The monoisotopic (exact) mass is 400 g/mol. The first-order valence-electron chi connectivity index (χ1n) is 7.32. The molecule has 7 heteroatoms. The third kappa shape index (κ3) is 4.14. The Bertz CT molecular complexity index is 734. The van der Waals surface area contributed by atoms with Crippen molar-refractivity contribution in [1.29, 1.82) is 0 Å². The summed E-state index contributed by atoms with van der Waals surface area (Å²) >= 11 is 3.26. The quantitative estimate of drug-likeness (QED) is 0.716. The van der Waals surface area contributed by atoms with Gasteiger partial charge in [-0.1, -0.05) is 12.1 Å². The van der Waals surface area contributed by atoms with E-state index in [1.54, 1.807) is 32.2 Å². The fraction of sp³-hybridized carbons (Fsp3) is 0.294. The number of rotatable bonds is 4. The summed E-state index contributed by atoms with van der Waals surface area (Å²) in [5.41, 5.74) is 0.0903. The second-order valence-corrected chi connectivity index (χ2v) is 6.20. The fourth-order valence-electron chi connectivity index (χ4n) is 2.44. The number of aromatic nitrogens is 1. The Morgan fingerprint density at radius 1 is 1.29 bits per heavy atom. The predicted octanol–water partition coefficient (Wildman–Crippen LogP) is 5.09. The smallest absolute Gasteiger partial charge is 0.332 e. The standard InChI is InChI=1S/C17H16BrF3N2O/c1-3-23(16(24)13-8-15(18)10-22-9-13)11(2)12-5-4-6-14(7-12)17(19,20)21/h4-11H,3H2,1-2H3. The molecule has 1 heterocycles. The molecule has 0 spiro atoms. The summed E-state index contributed by atoms with van der Waals surface area (Å²) in [6.07, 6.45) is -1.41. The minimum Gasteiger partial charge on any atom is -0.332 e. The maximum atomic E-state index is 12.9. The van der Waals surface area contributed by atoms with Crippen LogP contribution in [0.1, 0.15) is 41.4 Å². The molecule has 1 unspecified atom stereocenters. The summed E-state index contributed by atoms with van der Waals surface area (Å²) in [5, 5.41) is 0. The lowest BCUT2D eigenvalue weighted by molar-refractivity contribution is -0.137. The Morgan fingerprint density at radius 2 is 2.00 bits per heavy atom. The second-order valence-electron chi connectivity index (χ2n) is 5.28. The molecule has 0 radical (unpaired) electrons. The molecule has 0 fully saturated rings. The highest BCUT2D eigenvalue weighted by Gasteiger charge is 2.31. The number of hydrogen-bond acceptors (Lipinski definition) is 2. The molecule has 0 saturated heterocycles. The molecule has 0 bridgehead atoms. The van der Waals surface area contributed by atoms with Crippen LogP contribution in [-0.4, -0.2) is 22.3 Å². The van der Waals surface area contributed by atoms with Gasteiger partial charge in [-0.25, -0.2) is 0 Å². The van der Waals surface area contributed by atoms with Crippen LogP contribution in [0.3, 0.4) is 0 Å². The number of nitrogens with zero attached hydrogens (tertiary/aromatic N) is 2. The summed E-state index contributed by atoms with van der Waals surface area (Å²) in [5.74, 6) is -0.281. The maximum absolute atomic E-state index is 12.9. The Morgan fingerprint density at radius 3 is 2.58 bits per heavy atom. The minimum absolute atomic E-state index is 0.281. The molecule has 2 aromatic rings. The molecule has 1 amide bonds. The van der Waals surface area contributed by atoms with Crippen molar-refractivity contribution in [1.82, 2.24) is 9.88 Å². The number of alkyl halides is 3. The first-order chi connectivity index (χ1) is 11.2. The van der Waals surface area contributed by atoms with Gasteiger partial charge in [0.1, 0.15) is 0 Å². The Balaban J connectivity index is 2.32. The van der Waals surface area contributed by atoms with Gasteiger partial charge >= 0.3 is 6.18 Å². The van der Waals surface area contributed by atoms with Gasteiger partial charge in [0.25, 0.3) is 5.91 Å². The Labute approximate surface area is 146 Å². The van der Waals surface area contributed by atoms with Gasteiger partial charge in [-0.15, -0.1) is 0 Å². The van der Waals surface area contributed by atoms with E-state index in [2.05, 4.69) is 20.9 Å². The zero-order chi connectivity index (χ0) is 17.9. The van der Waals surface area contributed by atoms with Crippen molar-refractivity contribution in [2.45, 2.75) is 26.1 Å². The first kappa shape index (κ1) is 18.4. The summed E-state index contributed by atoms with van der Waals surface area (Å²) in [7, 11) is 0. The van der Waals surface area contributed by atoms with E-state index >= 15 is 0 Å². The largest absolute Gasteiger partial charge is 0.416 e. The van der Waals surface area contributed by atoms with Crippen LogP contribution in [0, 0.1) is 0 Å². The molecule has 128 valence electrons. The van der Waals surface area contributed by atoms with Crippen LogP contribution in [0.15, 0.2) is 47.2 Å². The third-order valence-electron chi connectivity index (χ3n) is 3.72. The molecule has 1 aromatic heterocycles. The SMILES string of the molecule is CCN(C(=O)c1cncc(Br)c1)C(C)c1cccc(C(F)(F)F)c1. The van der Waals surface area contributed by atoms with Gasteiger partial charge in [0.05, 0.1) is 17.2 Å². The number of halogens is 4. The molecule has 0 aliphatic rings. The predicted molar refractivity (Wildman–Crippen MR) is 88.5 cm³/mol. The summed E-state index contributed by atoms with van der Waals surface area (Å²) in [4.78, 5) is 18.1. The summed E-state index contributed by atoms with van der Waals surface area (Å²) in [6, 6.07) is 6.19. The molecule has 2 rings (SSSR count). The number of carbonyl (C=O) groups excluding carboxylic acids is 1. The van der Waals surface area contributed by atoms with Crippen LogP contribution in [0.25, 0.3) is 0 Å². The Hall–Kier alpha value is -1.89. The molecule has 0 aliphatic heterocycles. The van der Waals surface area contributed by atoms with Crippen LogP contribution in [-0.2, 0) is 6.18 Å². The average molecular weight is 401 g/mol. The van der Waals surface area contributed by atoms with Crippen LogP contribution in [0.2, 0.25) is 0 Å². The number of carbonyl (C=O) groups is 1. The van der Waals surface area contributed by atoms with Crippen molar-refractivity contribution in [2.24, 2.45) is 0 Å². The van der Waals surface area contributed by atoms with E-state index in [1.165, 1.54) is 17.2 Å². The van der Waals surface area contributed by atoms with Crippen molar-refractivity contribution >= 4 is 21.8 Å². The second kappa shape index (κ2) is 7.34. The molecule has 0 aliphatic carbocycles. The minimum atomic E-state index is -4.41. The highest BCUT2D eigenvalue weighted by Crippen LogP contribution is 2.32. The van der Waals surface area contributed by atoms with Gasteiger partial charge in [-0.3, -0.25) is 9.78 Å². The van der Waals surface area contributed by atoms with Crippen molar-refractivity contribution in [2.75, 3.05) is 6.54 Å². The van der Waals surface area contributed by atoms with Crippen molar-refractivity contribution in [3.05, 3.63) is 63.9 Å². The number of amides is 1. The van der Waals surface area contributed by atoms with E-state index in [0.29, 0.717) is 22.1 Å². The molecule has 0 N–H and O–H groups in total. The van der Waals surface area contributed by atoms with Gasteiger partial charge in [-0.05, 0) is 53.5 Å². The maximum Gasteiger partial charge on any atom is 0.416 e. The molecular weight excluding hydrogens is 385 g/mol.